The van der Waals surface area contributed by atoms with Crippen LogP contribution in [0.5, 0.6) is 28.7 Å². The highest BCUT2D eigenvalue weighted by Gasteiger charge is 2.35. The van der Waals surface area contributed by atoms with Gasteiger partial charge in [0.25, 0.3) is 0 Å². The molecule has 0 amide bonds. The number of fused-ring (bicyclic) bond motifs is 1. The zero-order chi connectivity index (χ0) is 23.7. The Morgan fingerprint density at radius 1 is 0.970 bits per heavy atom. The summed E-state index contributed by atoms with van der Waals surface area (Å²) in [4.78, 5) is 25.5. The van der Waals surface area contributed by atoms with Crippen molar-refractivity contribution in [1.82, 2.24) is 0 Å². The summed E-state index contributed by atoms with van der Waals surface area (Å²) >= 11 is 5.92. The number of hydrogen-bond donors (Lipinski definition) is 1. The number of phenols is 1. The Morgan fingerprint density at radius 3 is 2.24 bits per heavy atom. The van der Waals surface area contributed by atoms with Gasteiger partial charge in [-0.25, -0.2) is 0 Å². The highest BCUT2D eigenvalue weighted by Crippen LogP contribution is 2.49. The van der Waals surface area contributed by atoms with E-state index in [1.807, 2.05) is 0 Å². The van der Waals surface area contributed by atoms with Crippen LogP contribution in [0.3, 0.4) is 0 Å². The van der Waals surface area contributed by atoms with Crippen molar-refractivity contribution in [2.75, 3.05) is 21.3 Å². The van der Waals surface area contributed by atoms with Crippen LogP contribution in [0.1, 0.15) is 39.4 Å². The van der Waals surface area contributed by atoms with Gasteiger partial charge in [-0.15, -0.1) is 0 Å². The molecule has 0 radical (unpaired) electrons. The first-order chi connectivity index (χ1) is 15.9. The van der Waals surface area contributed by atoms with Gasteiger partial charge in [0.05, 0.1) is 33.3 Å². The number of carbonyl (C=O) groups excluding carboxylic acids is 2. The zero-order valence-corrected chi connectivity index (χ0v) is 18.9. The highest BCUT2D eigenvalue weighted by molar-refractivity contribution is 6.30. The fourth-order valence-electron chi connectivity index (χ4n) is 3.98. The Kier molecular flexibility index (Phi) is 6.16. The molecule has 0 saturated heterocycles. The number of esters is 1. The summed E-state index contributed by atoms with van der Waals surface area (Å²) in [5, 5.41) is 11.7. The maximum Gasteiger partial charge on any atom is 0.312 e. The minimum absolute atomic E-state index is 0.0645. The van der Waals surface area contributed by atoms with Gasteiger partial charge in [-0.05, 0) is 42.5 Å². The van der Waals surface area contributed by atoms with E-state index in [4.69, 9.17) is 30.5 Å². The fraction of sp³-hybridized carbons (Fsp3) is 0.200. The minimum atomic E-state index is -0.644. The van der Waals surface area contributed by atoms with Crippen LogP contribution in [-0.4, -0.2) is 38.2 Å². The predicted octanol–water partition coefficient (Wildman–Crippen LogP) is 4.74. The van der Waals surface area contributed by atoms with E-state index in [2.05, 4.69) is 0 Å². The molecule has 8 heteroatoms. The van der Waals surface area contributed by atoms with Crippen molar-refractivity contribution in [2.45, 2.75) is 12.3 Å². The fourth-order valence-corrected chi connectivity index (χ4v) is 4.10. The van der Waals surface area contributed by atoms with Gasteiger partial charge in [-0.3, -0.25) is 9.59 Å². The molecule has 3 aromatic carbocycles. The topological polar surface area (TPSA) is 91.3 Å². The summed E-state index contributed by atoms with van der Waals surface area (Å²) < 4.78 is 21.7. The normalized spacial score (nSPS) is 14.8. The monoisotopic (exact) mass is 468 g/mol. The standard InChI is InChI=1S/C25H21ClO7/c1-30-19-12-21(32-3)20(31-2)10-16(19)17-11-22(27)33-18-9-8-15(25(29)23(17)18)24(28)13-4-6-14(26)7-5-13/h4-10,12,17,29H,11H2,1-3H3. The van der Waals surface area contributed by atoms with Crippen molar-refractivity contribution in [2.24, 2.45) is 0 Å². The summed E-state index contributed by atoms with van der Waals surface area (Å²) in [5.41, 5.74) is 1.35. The molecule has 170 valence electrons. The van der Waals surface area contributed by atoms with E-state index in [0.717, 1.165) is 0 Å². The summed E-state index contributed by atoms with van der Waals surface area (Å²) in [7, 11) is 4.50. The molecule has 0 bridgehead atoms. The van der Waals surface area contributed by atoms with Gasteiger partial charge in [0, 0.05) is 33.7 Å². The Balaban J connectivity index is 1.88. The molecule has 1 aliphatic heterocycles. The van der Waals surface area contributed by atoms with Crippen molar-refractivity contribution < 1.29 is 33.6 Å². The quantitative estimate of drug-likeness (QED) is 0.317. The van der Waals surface area contributed by atoms with Crippen molar-refractivity contribution in [3.63, 3.8) is 0 Å². The summed E-state index contributed by atoms with van der Waals surface area (Å²) in [6, 6.07) is 12.6. The average molecular weight is 469 g/mol. The molecule has 1 unspecified atom stereocenters. The number of phenolic OH excluding ortho intramolecular Hbond substituents is 1. The van der Waals surface area contributed by atoms with Gasteiger partial charge in [0.15, 0.2) is 17.3 Å². The van der Waals surface area contributed by atoms with Crippen LogP contribution in [0.25, 0.3) is 0 Å². The van der Waals surface area contributed by atoms with Crippen LogP contribution in [-0.2, 0) is 4.79 Å². The largest absolute Gasteiger partial charge is 0.507 e. The molecule has 1 heterocycles. The van der Waals surface area contributed by atoms with E-state index in [-0.39, 0.29) is 29.3 Å². The average Bonchev–Trinajstić information content (AvgIpc) is 2.82. The van der Waals surface area contributed by atoms with E-state index >= 15 is 0 Å². The minimum Gasteiger partial charge on any atom is -0.507 e. The second kappa shape index (κ2) is 9.03. The molecular formula is C25H21ClO7. The summed E-state index contributed by atoms with van der Waals surface area (Å²) in [6.45, 7) is 0. The number of ketones is 1. The van der Waals surface area contributed by atoms with E-state index in [1.54, 1.807) is 36.4 Å². The number of hydrogen-bond acceptors (Lipinski definition) is 7. The molecule has 0 aromatic heterocycles. The summed E-state index contributed by atoms with van der Waals surface area (Å²) in [6.07, 6.45) is -0.0645. The predicted molar refractivity (Wildman–Crippen MR) is 121 cm³/mol. The molecule has 0 fully saturated rings. The maximum absolute atomic E-state index is 13.1. The number of methoxy groups -OCH3 is 3. The molecule has 33 heavy (non-hydrogen) atoms. The summed E-state index contributed by atoms with van der Waals surface area (Å²) in [5.74, 6) is -0.266. The molecule has 1 atom stereocenters. The van der Waals surface area contributed by atoms with Crippen LogP contribution < -0.4 is 18.9 Å². The number of halogens is 1. The van der Waals surface area contributed by atoms with Crippen LogP contribution in [0.2, 0.25) is 5.02 Å². The molecule has 0 spiro atoms. The van der Waals surface area contributed by atoms with Gasteiger partial charge in [0.2, 0.25) is 0 Å². The van der Waals surface area contributed by atoms with Crippen LogP contribution in [0, 0.1) is 0 Å². The highest BCUT2D eigenvalue weighted by atomic mass is 35.5. The SMILES string of the molecule is COc1cc(OC)c(C2CC(=O)Oc3ccc(C(=O)c4ccc(Cl)cc4)c(O)c32)cc1OC. The Labute approximate surface area is 195 Å². The molecule has 3 aromatic rings. The zero-order valence-electron chi connectivity index (χ0n) is 18.2. The second-order valence-electron chi connectivity index (χ2n) is 7.39. The van der Waals surface area contributed by atoms with Crippen molar-refractivity contribution >= 4 is 23.4 Å². The Hall–Kier alpha value is -3.71. The van der Waals surface area contributed by atoms with E-state index in [1.165, 1.54) is 33.5 Å². The lowest BCUT2D eigenvalue weighted by Gasteiger charge is -2.28. The second-order valence-corrected chi connectivity index (χ2v) is 7.83. The lowest BCUT2D eigenvalue weighted by atomic mass is 9.83. The van der Waals surface area contributed by atoms with Crippen LogP contribution >= 0.6 is 11.6 Å². The number of benzene rings is 3. The maximum atomic E-state index is 13.1. The molecular weight excluding hydrogens is 448 g/mol. The third-order valence-electron chi connectivity index (χ3n) is 5.58. The van der Waals surface area contributed by atoms with Crippen molar-refractivity contribution in [3.05, 3.63) is 75.8 Å². The van der Waals surface area contributed by atoms with Gasteiger partial charge in [-0.2, -0.15) is 0 Å². The van der Waals surface area contributed by atoms with Gasteiger partial charge < -0.3 is 24.1 Å². The molecule has 1 N–H and O–H groups in total. The van der Waals surface area contributed by atoms with Crippen LogP contribution in [0.4, 0.5) is 0 Å². The lowest BCUT2D eigenvalue weighted by Crippen LogP contribution is -2.22. The van der Waals surface area contributed by atoms with E-state index in [0.29, 0.717) is 39.0 Å². The third-order valence-corrected chi connectivity index (χ3v) is 5.83. The lowest BCUT2D eigenvalue weighted by molar-refractivity contribution is -0.135. The van der Waals surface area contributed by atoms with Gasteiger partial charge >= 0.3 is 5.97 Å². The van der Waals surface area contributed by atoms with Gasteiger partial charge in [-0.1, -0.05) is 11.6 Å². The molecule has 0 aliphatic carbocycles. The molecule has 1 aliphatic rings. The van der Waals surface area contributed by atoms with Crippen LogP contribution in [0.15, 0.2) is 48.5 Å². The van der Waals surface area contributed by atoms with Crippen molar-refractivity contribution in [1.29, 1.82) is 0 Å². The first-order valence-corrected chi connectivity index (χ1v) is 10.4. The first kappa shape index (κ1) is 22.5. The number of ether oxygens (including phenoxy) is 4. The first-order valence-electron chi connectivity index (χ1n) is 10.0. The molecule has 4 rings (SSSR count). The smallest absolute Gasteiger partial charge is 0.312 e. The van der Waals surface area contributed by atoms with E-state index < -0.39 is 11.9 Å². The molecule has 7 nitrogen and oxygen atoms in total. The number of carbonyl (C=O) groups is 2. The molecule has 0 saturated carbocycles. The van der Waals surface area contributed by atoms with E-state index in [9.17, 15) is 14.7 Å². The Bertz CT molecular complexity index is 1230. The van der Waals surface area contributed by atoms with Gasteiger partial charge in [0.1, 0.15) is 17.2 Å². The van der Waals surface area contributed by atoms with Crippen molar-refractivity contribution in [3.8, 4) is 28.7 Å². The Morgan fingerprint density at radius 2 is 1.61 bits per heavy atom. The third kappa shape index (κ3) is 4.07. The number of aromatic hydroxyl groups is 1. The number of rotatable bonds is 6.